The van der Waals surface area contributed by atoms with Gasteiger partial charge in [0.15, 0.2) is 0 Å². The van der Waals surface area contributed by atoms with Gasteiger partial charge in [-0.1, -0.05) is 48.5 Å². The van der Waals surface area contributed by atoms with E-state index >= 15 is 0 Å². The van der Waals surface area contributed by atoms with Crippen molar-refractivity contribution in [3.8, 4) is 0 Å². The molecule has 0 aromatic rings. The van der Waals surface area contributed by atoms with Gasteiger partial charge in [0.25, 0.3) is 0 Å². The minimum atomic E-state index is -0.559. The molecule has 0 unspecified atom stereocenters. The van der Waals surface area contributed by atoms with Crippen LogP contribution in [0.1, 0.15) is 99.8 Å². The quantitative estimate of drug-likeness (QED) is 0.386. The highest BCUT2D eigenvalue weighted by Gasteiger charge is 2.84. The third-order valence-electron chi connectivity index (χ3n) is 15.7. The summed E-state index contributed by atoms with van der Waals surface area (Å²) in [5.74, 6) is 1.68. The number of rotatable bonds is 4. The van der Waals surface area contributed by atoms with E-state index in [4.69, 9.17) is 18.9 Å². The van der Waals surface area contributed by atoms with Crippen molar-refractivity contribution in [3.05, 3.63) is 0 Å². The molecule has 2 saturated heterocycles. The summed E-state index contributed by atoms with van der Waals surface area (Å²) in [4.78, 5) is 27.3. The van der Waals surface area contributed by atoms with Crippen molar-refractivity contribution < 1.29 is 33.6 Å². The average molecular weight is 645 g/mol. The number of alkyl carbamates (subject to hydrolysis) is 1. The number of morpholine rings is 1. The third-order valence-corrected chi connectivity index (χ3v) is 15.7. The normalized spacial score (nSPS) is 49.4. The van der Waals surface area contributed by atoms with E-state index in [9.17, 15) is 14.7 Å². The first kappa shape index (κ1) is 32.9. The highest BCUT2D eigenvalue weighted by atomic mass is 16.6. The Morgan fingerprint density at radius 2 is 1.65 bits per heavy atom. The van der Waals surface area contributed by atoms with Crippen LogP contribution in [0.4, 0.5) is 9.59 Å². The van der Waals surface area contributed by atoms with Crippen LogP contribution in [-0.4, -0.2) is 86.1 Å². The van der Waals surface area contributed by atoms with Crippen LogP contribution in [0.25, 0.3) is 0 Å². The van der Waals surface area contributed by atoms with Crippen molar-refractivity contribution in [2.24, 2.45) is 56.7 Å². The van der Waals surface area contributed by atoms with E-state index in [2.05, 4.69) is 53.8 Å². The Balaban J connectivity index is 1.13. The first-order valence-electron chi connectivity index (χ1n) is 18.4. The Morgan fingerprint density at radius 1 is 0.978 bits per heavy atom. The number of fused-ring (bicyclic) bond motifs is 4. The summed E-state index contributed by atoms with van der Waals surface area (Å²) in [7, 11) is 1.59. The second-order valence-electron chi connectivity index (χ2n) is 17.9. The summed E-state index contributed by atoms with van der Waals surface area (Å²) in [6, 6.07) is 0. The largest absolute Gasteiger partial charge is 0.446 e. The fourth-order valence-corrected chi connectivity index (χ4v) is 13.5. The van der Waals surface area contributed by atoms with Gasteiger partial charge in [-0.15, -0.1) is 0 Å². The highest BCUT2D eigenvalue weighted by molar-refractivity contribution is 5.68. The minimum absolute atomic E-state index is 0.0244. The maximum atomic E-state index is 13.2. The second kappa shape index (κ2) is 11.0. The molecule has 5 saturated carbocycles. The summed E-state index contributed by atoms with van der Waals surface area (Å²) in [6.45, 7) is 18.5. The van der Waals surface area contributed by atoms with Gasteiger partial charge in [-0.05, 0) is 97.2 Å². The highest BCUT2D eigenvalue weighted by Crippen LogP contribution is 2.89. The predicted octanol–water partition coefficient (Wildman–Crippen LogP) is 6.02. The van der Waals surface area contributed by atoms with Gasteiger partial charge in [-0.2, -0.15) is 0 Å². The van der Waals surface area contributed by atoms with Crippen molar-refractivity contribution in [3.63, 3.8) is 0 Å². The first-order valence-corrected chi connectivity index (χ1v) is 18.4. The molecule has 7 rings (SSSR count). The molecular formula is C37H60N2O7. The average Bonchev–Trinajstić information content (AvgIpc) is 3.65. The second-order valence-corrected chi connectivity index (χ2v) is 17.9. The molecule has 9 heteroatoms. The standard InChI is InChI=1S/C37H60N2O7/c1-21(2)28(46-31(41)38-8)23-19-22(3)27-29(44-23)30(40)35(7)25-10-9-24-33(4,5)26(45-32(42)39-15-17-43-18-16-39)11-12-36(24)20-37(25,36)14-13-34(27,35)6/h21-30,40H,9-20H2,1-8H3,(H,38,41)/t22-,23-,24+,25+,26+,27+,28-,29+,30+,34-,35-,36-,37+/m1/s1. The molecule has 0 radical (unpaired) electrons. The molecule has 0 bridgehead atoms. The Bertz CT molecular complexity index is 1220. The molecule has 0 aromatic carbocycles. The number of nitrogens with one attached hydrogen (secondary N) is 1. The summed E-state index contributed by atoms with van der Waals surface area (Å²) >= 11 is 0. The van der Waals surface area contributed by atoms with Gasteiger partial charge >= 0.3 is 12.2 Å². The molecule has 0 aromatic heterocycles. The minimum Gasteiger partial charge on any atom is -0.446 e. The Morgan fingerprint density at radius 3 is 2.33 bits per heavy atom. The van der Waals surface area contributed by atoms with E-state index in [1.165, 1.54) is 12.8 Å². The van der Waals surface area contributed by atoms with Crippen molar-refractivity contribution in [2.45, 2.75) is 130 Å². The number of hydrogen-bond acceptors (Lipinski definition) is 7. The number of nitrogens with zero attached hydrogens (tertiary/aromatic N) is 1. The number of aliphatic hydroxyl groups is 1. The molecule has 260 valence electrons. The zero-order valence-corrected chi connectivity index (χ0v) is 29.6. The van der Waals surface area contributed by atoms with Crippen LogP contribution in [0.2, 0.25) is 0 Å². The molecule has 2 amide bonds. The number of aliphatic hydroxyl groups excluding tert-OH is 1. The topological polar surface area (TPSA) is 107 Å². The van der Waals surface area contributed by atoms with Gasteiger partial charge in [-0.3, -0.25) is 0 Å². The molecule has 9 nitrogen and oxygen atoms in total. The molecule has 2 N–H and O–H groups in total. The van der Waals surface area contributed by atoms with E-state index < -0.39 is 12.2 Å². The van der Waals surface area contributed by atoms with Crippen LogP contribution < -0.4 is 5.32 Å². The van der Waals surface area contributed by atoms with Crippen LogP contribution in [0.3, 0.4) is 0 Å². The fraction of sp³-hybridized carbons (Fsp3) is 0.946. The van der Waals surface area contributed by atoms with Gasteiger partial charge in [-0.25, -0.2) is 9.59 Å². The SMILES string of the molecule is CNC(=O)O[C@H](C(C)C)[C@H]1C[C@@H](C)[C@H]2[C@H](O1)[C@H](O)[C@@]1(C)[C@@H]3CC[C@H]4C(C)(C)[C@@H](OC(=O)N5CCOCC5)CC[C@@]45C[C@@]35CC[C@]21C. The van der Waals surface area contributed by atoms with E-state index in [1.54, 1.807) is 7.05 Å². The zero-order chi connectivity index (χ0) is 33.0. The smallest absolute Gasteiger partial charge is 0.410 e. The fourth-order valence-electron chi connectivity index (χ4n) is 13.5. The number of ether oxygens (including phenoxy) is 4. The van der Waals surface area contributed by atoms with Crippen LogP contribution in [0.5, 0.6) is 0 Å². The Hall–Kier alpha value is -1.58. The van der Waals surface area contributed by atoms with Crippen molar-refractivity contribution in [2.75, 3.05) is 33.4 Å². The zero-order valence-electron chi connectivity index (χ0n) is 29.6. The van der Waals surface area contributed by atoms with Crippen LogP contribution in [0.15, 0.2) is 0 Å². The third kappa shape index (κ3) is 4.28. The maximum Gasteiger partial charge on any atom is 0.410 e. The Kier molecular flexibility index (Phi) is 7.85. The van der Waals surface area contributed by atoms with E-state index in [1.807, 2.05) is 4.90 Å². The molecular weight excluding hydrogens is 584 g/mol. The molecule has 2 spiro atoms. The van der Waals surface area contributed by atoms with Crippen molar-refractivity contribution in [1.29, 1.82) is 0 Å². The lowest BCUT2D eigenvalue weighted by atomic mass is 9.41. The summed E-state index contributed by atoms with van der Waals surface area (Å²) < 4.78 is 24.6. The predicted molar refractivity (Wildman–Crippen MR) is 173 cm³/mol. The Labute approximate surface area is 276 Å². The van der Waals surface area contributed by atoms with Gasteiger partial charge in [0.2, 0.25) is 0 Å². The lowest BCUT2D eigenvalue weighted by molar-refractivity contribution is -0.185. The maximum absolute atomic E-state index is 13.2. The number of hydrogen-bond donors (Lipinski definition) is 2. The van der Waals surface area contributed by atoms with Crippen molar-refractivity contribution >= 4 is 12.2 Å². The van der Waals surface area contributed by atoms with E-state index in [0.717, 1.165) is 38.5 Å². The number of carbonyl (C=O) groups is 2. The first-order chi connectivity index (χ1) is 21.7. The molecule has 2 heterocycles. The van der Waals surface area contributed by atoms with E-state index in [0.29, 0.717) is 44.1 Å². The summed E-state index contributed by atoms with van der Waals surface area (Å²) in [5, 5.41) is 15.2. The molecule has 46 heavy (non-hydrogen) atoms. The lowest BCUT2D eigenvalue weighted by Gasteiger charge is -2.63. The number of amides is 2. The van der Waals surface area contributed by atoms with E-state index in [-0.39, 0.29) is 69.4 Å². The van der Waals surface area contributed by atoms with Crippen LogP contribution >= 0.6 is 0 Å². The molecule has 2 aliphatic heterocycles. The van der Waals surface area contributed by atoms with Crippen LogP contribution in [0, 0.1) is 56.7 Å². The van der Waals surface area contributed by atoms with Gasteiger partial charge in [0.05, 0.1) is 31.5 Å². The summed E-state index contributed by atoms with van der Waals surface area (Å²) in [5.41, 5.74) is 0.124. The van der Waals surface area contributed by atoms with Gasteiger partial charge in [0, 0.05) is 31.0 Å². The molecule has 7 aliphatic rings. The van der Waals surface area contributed by atoms with Crippen molar-refractivity contribution in [1.82, 2.24) is 10.2 Å². The molecule has 5 aliphatic carbocycles. The summed E-state index contributed by atoms with van der Waals surface area (Å²) in [6.07, 6.45) is 6.56. The van der Waals surface area contributed by atoms with Gasteiger partial charge in [0.1, 0.15) is 12.2 Å². The lowest BCUT2D eigenvalue weighted by Crippen LogP contribution is -2.60. The molecule has 7 fully saturated rings. The number of carbonyl (C=O) groups excluding carboxylic acids is 2. The molecule has 13 atom stereocenters. The van der Waals surface area contributed by atoms with Gasteiger partial charge < -0.3 is 34.3 Å². The monoisotopic (exact) mass is 644 g/mol. The van der Waals surface area contributed by atoms with Crippen LogP contribution in [-0.2, 0) is 18.9 Å².